The lowest BCUT2D eigenvalue weighted by molar-refractivity contribution is -0.137. The molecule has 1 aromatic heterocycles. The van der Waals surface area contributed by atoms with Gasteiger partial charge in [0, 0.05) is 10.4 Å². The predicted molar refractivity (Wildman–Crippen MR) is 93.1 cm³/mol. The van der Waals surface area contributed by atoms with E-state index < -0.39 is 11.9 Å². The summed E-state index contributed by atoms with van der Waals surface area (Å²) in [4.78, 5) is 23.1. The maximum absolute atomic E-state index is 12.4. The van der Waals surface area contributed by atoms with Crippen LogP contribution in [0.5, 0.6) is 5.75 Å². The molecule has 7 nitrogen and oxygen atoms in total. The summed E-state index contributed by atoms with van der Waals surface area (Å²) in [6.45, 7) is 0.227. The van der Waals surface area contributed by atoms with E-state index in [-0.39, 0.29) is 24.3 Å². The van der Waals surface area contributed by atoms with Gasteiger partial charge in [0.1, 0.15) is 5.75 Å². The van der Waals surface area contributed by atoms with Gasteiger partial charge in [-0.15, -0.1) is 0 Å². The first-order chi connectivity index (χ1) is 12.0. The fraction of sp³-hybridized carbons (Fsp3) is 0.118. The number of phenols is 1. The van der Waals surface area contributed by atoms with Crippen molar-refractivity contribution in [2.75, 3.05) is 5.32 Å². The van der Waals surface area contributed by atoms with Gasteiger partial charge in [-0.2, -0.15) is 5.10 Å². The maximum Gasteiger partial charge on any atom is 0.305 e. The van der Waals surface area contributed by atoms with Crippen molar-refractivity contribution < 1.29 is 19.8 Å². The number of carbonyl (C=O) groups is 2. The maximum atomic E-state index is 12.4. The first kappa shape index (κ1) is 16.8. The van der Waals surface area contributed by atoms with Crippen molar-refractivity contribution in [2.45, 2.75) is 13.0 Å². The van der Waals surface area contributed by atoms with Crippen LogP contribution >= 0.6 is 11.6 Å². The van der Waals surface area contributed by atoms with E-state index in [0.29, 0.717) is 21.6 Å². The number of hydrogen-bond donors (Lipinski definition) is 3. The zero-order chi connectivity index (χ0) is 18.0. The molecule has 0 unspecified atom stereocenters. The van der Waals surface area contributed by atoms with E-state index in [2.05, 4.69) is 10.4 Å². The molecule has 2 aromatic carbocycles. The molecule has 0 atom stereocenters. The molecule has 1 heterocycles. The second-order valence-corrected chi connectivity index (χ2v) is 5.80. The zero-order valence-electron chi connectivity index (χ0n) is 12.9. The number of carboxylic acid groups (broad SMARTS) is 1. The number of carbonyl (C=O) groups excluding carboxylic acids is 1. The van der Waals surface area contributed by atoms with Crippen molar-refractivity contribution in [3.63, 3.8) is 0 Å². The van der Waals surface area contributed by atoms with Crippen molar-refractivity contribution in [2.24, 2.45) is 0 Å². The van der Waals surface area contributed by atoms with Gasteiger partial charge in [0.2, 0.25) is 0 Å². The summed E-state index contributed by atoms with van der Waals surface area (Å²) < 4.78 is 1.57. The number of benzene rings is 2. The van der Waals surface area contributed by atoms with Crippen molar-refractivity contribution >= 4 is 40.1 Å². The number of hydrogen-bond acceptors (Lipinski definition) is 4. The molecule has 3 rings (SSSR count). The summed E-state index contributed by atoms with van der Waals surface area (Å²) in [5, 5.41) is 26.5. The number of aromatic nitrogens is 2. The molecule has 3 aromatic rings. The third-order valence-corrected chi connectivity index (χ3v) is 3.91. The average Bonchev–Trinajstić information content (AvgIpc) is 2.99. The van der Waals surface area contributed by atoms with Crippen LogP contribution in [-0.2, 0) is 11.3 Å². The number of phenolic OH excluding ortho intramolecular Hbond substituents is 1. The van der Waals surface area contributed by atoms with Gasteiger partial charge in [0.05, 0.1) is 35.9 Å². The molecular formula is C17H14ClN3O4. The summed E-state index contributed by atoms with van der Waals surface area (Å²) in [5.41, 5.74) is 1.26. The van der Waals surface area contributed by atoms with Crippen molar-refractivity contribution in [1.29, 1.82) is 0 Å². The average molecular weight is 360 g/mol. The van der Waals surface area contributed by atoms with Gasteiger partial charge in [-0.3, -0.25) is 14.3 Å². The van der Waals surface area contributed by atoms with Gasteiger partial charge < -0.3 is 15.5 Å². The fourth-order valence-corrected chi connectivity index (χ4v) is 2.64. The van der Waals surface area contributed by atoms with Crippen molar-refractivity contribution in [3.05, 3.63) is 53.2 Å². The highest BCUT2D eigenvalue weighted by atomic mass is 35.5. The van der Waals surface area contributed by atoms with Crippen molar-refractivity contribution in [1.82, 2.24) is 9.78 Å². The van der Waals surface area contributed by atoms with E-state index in [9.17, 15) is 14.7 Å². The van der Waals surface area contributed by atoms with Crippen LogP contribution in [0, 0.1) is 0 Å². The Bertz CT molecular complexity index is 968. The number of amides is 1. The summed E-state index contributed by atoms with van der Waals surface area (Å²) in [7, 11) is 0. The number of anilines is 1. The highest BCUT2D eigenvalue weighted by Crippen LogP contribution is 2.26. The molecule has 0 bridgehead atoms. The Labute approximate surface area is 147 Å². The topological polar surface area (TPSA) is 104 Å². The van der Waals surface area contributed by atoms with E-state index in [1.165, 1.54) is 18.2 Å². The molecule has 0 spiro atoms. The largest absolute Gasteiger partial charge is 0.507 e. The van der Waals surface area contributed by atoms with Crippen LogP contribution in [0.3, 0.4) is 0 Å². The Morgan fingerprint density at radius 3 is 2.80 bits per heavy atom. The number of nitrogens with zero attached hydrogens (tertiary/aromatic N) is 2. The van der Waals surface area contributed by atoms with Gasteiger partial charge >= 0.3 is 5.97 Å². The van der Waals surface area contributed by atoms with E-state index in [4.69, 9.17) is 16.7 Å². The van der Waals surface area contributed by atoms with Crippen LogP contribution in [0.2, 0.25) is 5.02 Å². The van der Waals surface area contributed by atoms with E-state index >= 15 is 0 Å². The van der Waals surface area contributed by atoms with Crippen molar-refractivity contribution in [3.8, 4) is 5.75 Å². The molecule has 25 heavy (non-hydrogen) atoms. The normalized spacial score (nSPS) is 10.8. The Morgan fingerprint density at radius 1 is 1.24 bits per heavy atom. The first-order valence-corrected chi connectivity index (χ1v) is 7.79. The summed E-state index contributed by atoms with van der Waals surface area (Å²) in [6.07, 6.45) is 1.51. The van der Waals surface area contributed by atoms with Gasteiger partial charge in [0.25, 0.3) is 5.91 Å². The number of aryl methyl sites for hydroxylation is 1. The van der Waals surface area contributed by atoms with E-state index in [1.54, 1.807) is 29.1 Å². The molecule has 0 aliphatic heterocycles. The standard InChI is InChI=1S/C17H14ClN3O4/c18-10-4-5-15(22)11(8-10)17(25)20-13-2-1-3-14-12(13)9-19-21(14)7-6-16(23)24/h1-5,8-9,22H,6-7H2,(H,20,25)(H,23,24). The first-order valence-electron chi connectivity index (χ1n) is 7.42. The minimum absolute atomic E-state index is 0.0518. The number of rotatable bonds is 5. The molecule has 0 fully saturated rings. The van der Waals surface area contributed by atoms with Gasteiger partial charge in [0.15, 0.2) is 0 Å². The lowest BCUT2D eigenvalue weighted by Crippen LogP contribution is -2.12. The molecule has 3 N–H and O–H groups in total. The van der Waals surface area contributed by atoms with Gasteiger partial charge in [-0.1, -0.05) is 17.7 Å². The highest BCUT2D eigenvalue weighted by molar-refractivity contribution is 6.31. The highest BCUT2D eigenvalue weighted by Gasteiger charge is 2.15. The Kier molecular flexibility index (Phi) is 4.58. The smallest absolute Gasteiger partial charge is 0.305 e. The number of nitrogens with one attached hydrogen (secondary N) is 1. The second kappa shape index (κ2) is 6.82. The van der Waals surface area contributed by atoms with Crippen LogP contribution in [0.15, 0.2) is 42.6 Å². The zero-order valence-corrected chi connectivity index (χ0v) is 13.7. The lowest BCUT2D eigenvalue weighted by atomic mass is 10.1. The number of aromatic hydroxyl groups is 1. The Hall–Kier alpha value is -3.06. The van der Waals surface area contributed by atoms with E-state index in [1.807, 2.05) is 0 Å². The number of aliphatic carboxylic acids is 1. The molecule has 8 heteroatoms. The van der Waals surface area contributed by atoms with Crippen LogP contribution in [0.1, 0.15) is 16.8 Å². The minimum atomic E-state index is -0.912. The number of carboxylic acids is 1. The third kappa shape index (κ3) is 3.56. The predicted octanol–water partition coefficient (Wildman–Crippen LogP) is 3.12. The molecule has 0 aliphatic carbocycles. The number of halogens is 1. The second-order valence-electron chi connectivity index (χ2n) is 5.37. The fourth-order valence-electron chi connectivity index (χ4n) is 2.47. The minimum Gasteiger partial charge on any atom is -0.507 e. The van der Waals surface area contributed by atoms with Crippen LogP contribution < -0.4 is 5.32 Å². The molecule has 0 saturated carbocycles. The lowest BCUT2D eigenvalue weighted by Gasteiger charge is -2.09. The molecule has 0 saturated heterocycles. The SMILES string of the molecule is O=C(O)CCn1ncc2c(NC(=O)c3cc(Cl)ccc3O)cccc21. The Morgan fingerprint density at radius 2 is 2.04 bits per heavy atom. The summed E-state index contributed by atoms with van der Waals surface area (Å²) >= 11 is 5.87. The molecule has 128 valence electrons. The number of fused-ring (bicyclic) bond motifs is 1. The Balaban J connectivity index is 1.90. The van der Waals surface area contributed by atoms with Gasteiger partial charge in [-0.25, -0.2) is 0 Å². The monoisotopic (exact) mass is 359 g/mol. The quantitative estimate of drug-likeness (QED) is 0.649. The van der Waals surface area contributed by atoms with E-state index in [0.717, 1.165) is 0 Å². The van der Waals surface area contributed by atoms with Crippen LogP contribution in [0.4, 0.5) is 5.69 Å². The summed E-state index contributed by atoms with van der Waals surface area (Å²) in [5.74, 6) is -1.60. The third-order valence-electron chi connectivity index (χ3n) is 3.68. The van der Waals surface area contributed by atoms with Gasteiger partial charge in [-0.05, 0) is 30.3 Å². The molecule has 1 amide bonds. The molecular weight excluding hydrogens is 346 g/mol. The summed E-state index contributed by atoms with van der Waals surface area (Å²) in [6, 6.07) is 9.43. The van der Waals surface area contributed by atoms with Crippen LogP contribution in [0.25, 0.3) is 10.9 Å². The molecule has 0 aliphatic rings. The van der Waals surface area contributed by atoms with Crippen LogP contribution in [-0.4, -0.2) is 31.9 Å². The molecule has 0 radical (unpaired) electrons.